The largest absolute Gasteiger partial charge is 0.512 e. The lowest BCUT2D eigenvalue weighted by Gasteiger charge is -2.54. The highest BCUT2D eigenvalue weighted by Crippen LogP contribution is 2.53. The number of aliphatic hydroxyl groups excluding tert-OH is 1. The first-order valence-corrected chi connectivity index (χ1v) is 10.4. The highest BCUT2D eigenvalue weighted by atomic mass is 16.5. The maximum absolute atomic E-state index is 11.1. The van der Waals surface area contributed by atoms with Gasteiger partial charge < -0.3 is 9.84 Å². The van der Waals surface area contributed by atoms with Gasteiger partial charge in [-0.15, -0.1) is 0 Å². The van der Waals surface area contributed by atoms with Crippen LogP contribution >= 0.6 is 0 Å². The molecule has 27 heavy (non-hydrogen) atoms. The molecule has 0 bridgehead atoms. The van der Waals surface area contributed by atoms with Crippen molar-refractivity contribution in [3.63, 3.8) is 0 Å². The van der Waals surface area contributed by atoms with Gasteiger partial charge in [0.1, 0.15) is 5.76 Å². The Kier molecular flexibility index (Phi) is 4.50. The number of aliphatic imine (C=N–C) groups is 1. The highest BCUT2D eigenvalue weighted by Gasteiger charge is 2.53. The van der Waals surface area contributed by atoms with Crippen LogP contribution in [0.15, 0.2) is 47.2 Å². The van der Waals surface area contributed by atoms with Gasteiger partial charge in [0.15, 0.2) is 6.23 Å². The Bertz CT molecular complexity index is 762. The van der Waals surface area contributed by atoms with Crippen LogP contribution in [0.2, 0.25) is 0 Å². The van der Waals surface area contributed by atoms with Crippen LogP contribution in [0.4, 0.5) is 0 Å². The molecule has 3 nitrogen and oxygen atoms in total. The van der Waals surface area contributed by atoms with Crippen molar-refractivity contribution in [1.29, 1.82) is 0 Å². The number of benzene rings is 1. The van der Waals surface area contributed by atoms with Crippen LogP contribution in [-0.4, -0.2) is 22.6 Å². The summed E-state index contributed by atoms with van der Waals surface area (Å²) in [5.74, 6) is 2.11. The van der Waals surface area contributed by atoms with E-state index in [2.05, 4.69) is 58.9 Å². The predicted octanol–water partition coefficient (Wildman–Crippen LogP) is 5.66. The number of hydrogen-bond donors (Lipinski definition) is 1. The Morgan fingerprint density at radius 2 is 1.85 bits per heavy atom. The van der Waals surface area contributed by atoms with Gasteiger partial charge in [-0.1, -0.05) is 57.5 Å². The molecule has 146 valence electrons. The molecule has 3 unspecified atom stereocenters. The van der Waals surface area contributed by atoms with Gasteiger partial charge in [-0.25, -0.2) is 0 Å². The third-order valence-electron chi connectivity index (χ3n) is 7.28. The van der Waals surface area contributed by atoms with Crippen LogP contribution in [0, 0.1) is 23.7 Å². The summed E-state index contributed by atoms with van der Waals surface area (Å²) in [6.07, 6.45) is 5.23. The van der Waals surface area contributed by atoms with Crippen LogP contribution in [0.1, 0.15) is 59.4 Å². The van der Waals surface area contributed by atoms with Crippen molar-refractivity contribution in [2.24, 2.45) is 28.7 Å². The molecule has 4 rings (SSSR count). The summed E-state index contributed by atoms with van der Waals surface area (Å²) in [6.45, 7) is 11.1. The predicted molar refractivity (Wildman–Crippen MR) is 110 cm³/mol. The number of allylic oxidation sites excluding steroid dienone is 1. The number of aliphatic hydroxyl groups is 1. The second-order valence-electron chi connectivity index (χ2n) is 9.90. The van der Waals surface area contributed by atoms with E-state index in [9.17, 15) is 5.11 Å². The first-order valence-electron chi connectivity index (χ1n) is 10.4. The number of nitrogens with zero attached hydrogens (tertiary/aromatic N) is 1. The maximum Gasteiger partial charge on any atom is 0.159 e. The van der Waals surface area contributed by atoms with E-state index < -0.39 is 0 Å². The van der Waals surface area contributed by atoms with Gasteiger partial charge in [-0.3, -0.25) is 4.99 Å². The fourth-order valence-electron chi connectivity index (χ4n) is 5.60. The molecule has 1 aromatic carbocycles. The second-order valence-corrected chi connectivity index (χ2v) is 9.90. The summed E-state index contributed by atoms with van der Waals surface area (Å²) < 4.78 is 6.53. The fraction of sp³-hybridized carbons (Fsp3) is 0.625. The minimum absolute atomic E-state index is 0.00102. The highest BCUT2D eigenvalue weighted by molar-refractivity contribution is 6.04. The van der Waals surface area contributed by atoms with E-state index in [1.165, 1.54) is 18.4 Å². The van der Waals surface area contributed by atoms with Gasteiger partial charge in [0.05, 0.1) is 17.2 Å². The standard InChI is InChI=1S/C24H33NO2/c1-15-11-12-18-17(13-15)21-19(26)14-20(25-22(21)27-24(18,4)5)23(2,3)16-9-7-6-8-10-16/h6-10,14-15,17-18,21-22,26H,11-13H2,1-5H3/t15-,17-,18?,21?,22?/m0/s1. The molecule has 1 aromatic rings. The van der Waals surface area contributed by atoms with Crippen LogP contribution in [0.25, 0.3) is 0 Å². The lowest BCUT2D eigenvalue weighted by atomic mass is 9.61. The van der Waals surface area contributed by atoms with E-state index >= 15 is 0 Å². The molecular formula is C24H33NO2. The molecule has 5 atom stereocenters. The summed E-state index contributed by atoms with van der Waals surface area (Å²) in [5, 5.41) is 11.1. The van der Waals surface area contributed by atoms with Crippen molar-refractivity contribution in [2.75, 3.05) is 0 Å². The molecule has 3 aliphatic rings. The molecule has 3 heteroatoms. The third-order valence-corrected chi connectivity index (χ3v) is 7.28. The average Bonchev–Trinajstić information content (AvgIpc) is 2.61. The molecule has 1 saturated carbocycles. The summed E-state index contributed by atoms with van der Waals surface area (Å²) in [4.78, 5) is 5.07. The summed E-state index contributed by atoms with van der Waals surface area (Å²) in [5.41, 5.74) is 1.63. The molecule has 1 aliphatic carbocycles. The van der Waals surface area contributed by atoms with Gasteiger partial charge in [0.2, 0.25) is 0 Å². The molecule has 2 fully saturated rings. The van der Waals surface area contributed by atoms with Crippen LogP contribution in [0.5, 0.6) is 0 Å². The monoisotopic (exact) mass is 367 g/mol. The van der Waals surface area contributed by atoms with Crippen molar-refractivity contribution in [1.82, 2.24) is 0 Å². The molecule has 1 saturated heterocycles. The van der Waals surface area contributed by atoms with Gasteiger partial charge in [0.25, 0.3) is 0 Å². The average molecular weight is 368 g/mol. The van der Waals surface area contributed by atoms with Crippen molar-refractivity contribution >= 4 is 5.71 Å². The summed E-state index contributed by atoms with van der Waals surface area (Å²) >= 11 is 0. The normalized spacial score (nSPS) is 35.5. The maximum atomic E-state index is 11.1. The van der Waals surface area contributed by atoms with Crippen LogP contribution in [0.3, 0.4) is 0 Å². The van der Waals surface area contributed by atoms with Gasteiger partial charge in [0, 0.05) is 5.41 Å². The summed E-state index contributed by atoms with van der Waals surface area (Å²) in [6, 6.07) is 10.4. The number of dihydropyridines is 1. The number of ether oxygens (including phenoxy) is 1. The van der Waals surface area contributed by atoms with Crippen molar-refractivity contribution in [3.05, 3.63) is 47.7 Å². The molecule has 0 aromatic heterocycles. The first kappa shape index (κ1) is 18.7. The second kappa shape index (κ2) is 6.48. The molecule has 2 heterocycles. The fourth-order valence-corrected chi connectivity index (χ4v) is 5.60. The van der Waals surface area contributed by atoms with Gasteiger partial charge in [-0.2, -0.15) is 0 Å². The third kappa shape index (κ3) is 3.14. The Labute approximate surface area is 163 Å². The topological polar surface area (TPSA) is 41.8 Å². The van der Waals surface area contributed by atoms with E-state index in [0.717, 1.165) is 12.1 Å². The minimum atomic E-state index is -0.283. The molecule has 2 aliphatic heterocycles. The Balaban J connectivity index is 1.71. The smallest absolute Gasteiger partial charge is 0.159 e. The van der Waals surface area contributed by atoms with Crippen molar-refractivity contribution in [2.45, 2.75) is 71.1 Å². The van der Waals surface area contributed by atoms with Gasteiger partial charge >= 0.3 is 0 Å². The molecule has 0 spiro atoms. The number of hydrogen-bond acceptors (Lipinski definition) is 3. The number of rotatable bonds is 2. The Morgan fingerprint density at radius 3 is 2.56 bits per heavy atom. The lowest BCUT2D eigenvalue weighted by molar-refractivity contribution is -0.202. The minimum Gasteiger partial charge on any atom is -0.512 e. The quantitative estimate of drug-likeness (QED) is 0.732. The Morgan fingerprint density at radius 1 is 1.15 bits per heavy atom. The molecular weight excluding hydrogens is 334 g/mol. The number of fused-ring (bicyclic) bond motifs is 3. The zero-order chi connectivity index (χ0) is 19.4. The zero-order valence-corrected chi connectivity index (χ0v) is 17.3. The molecule has 1 N–H and O–H groups in total. The van der Waals surface area contributed by atoms with Gasteiger partial charge in [-0.05, 0) is 56.1 Å². The SMILES string of the molecule is C[C@H]1CCC2[C@H](C1)C1C(O)=CC(C(C)(C)c3ccccc3)=NC1OC2(C)C. The molecule has 0 radical (unpaired) electrons. The summed E-state index contributed by atoms with van der Waals surface area (Å²) in [7, 11) is 0. The lowest BCUT2D eigenvalue weighted by Crippen LogP contribution is -2.56. The van der Waals surface area contributed by atoms with Crippen LogP contribution < -0.4 is 0 Å². The van der Waals surface area contributed by atoms with Crippen LogP contribution in [-0.2, 0) is 10.2 Å². The van der Waals surface area contributed by atoms with Crippen molar-refractivity contribution < 1.29 is 9.84 Å². The van der Waals surface area contributed by atoms with E-state index in [1.807, 2.05) is 12.1 Å². The van der Waals surface area contributed by atoms with E-state index in [1.54, 1.807) is 0 Å². The van der Waals surface area contributed by atoms with E-state index in [-0.39, 0.29) is 23.2 Å². The molecule has 0 amide bonds. The van der Waals surface area contributed by atoms with E-state index in [4.69, 9.17) is 9.73 Å². The Hall–Kier alpha value is -1.61. The zero-order valence-electron chi connectivity index (χ0n) is 17.3. The first-order chi connectivity index (χ1) is 12.7. The van der Waals surface area contributed by atoms with E-state index in [0.29, 0.717) is 23.5 Å². The van der Waals surface area contributed by atoms with Crippen molar-refractivity contribution in [3.8, 4) is 0 Å².